The Kier molecular flexibility index (Phi) is 10.2. The number of ether oxygens (including phenoxy) is 1. The molecule has 3 aromatic carbocycles. The monoisotopic (exact) mass is 579 g/mol. The number of nitrogens with zero attached hydrogens (tertiary/aromatic N) is 2. The molecule has 0 radical (unpaired) electrons. The second kappa shape index (κ2) is 13.2. The molecule has 0 bridgehead atoms. The van der Waals surface area contributed by atoms with E-state index in [1.54, 1.807) is 31.4 Å². The summed E-state index contributed by atoms with van der Waals surface area (Å²) in [6, 6.07) is 21.2. The maximum absolute atomic E-state index is 14.2. The molecule has 2 amide bonds. The fourth-order valence-electron chi connectivity index (χ4n) is 4.57. The predicted molar refractivity (Wildman–Crippen MR) is 163 cm³/mol. The molecule has 41 heavy (non-hydrogen) atoms. The Bertz CT molecular complexity index is 1470. The van der Waals surface area contributed by atoms with Gasteiger partial charge in [-0.3, -0.25) is 13.9 Å². The van der Waals surface area contributed by atoms with E-state index in [1.165, 1.54) is 4.90 Å². The van der Waals surface area contributed by atoms with Crippen molar-refractivity contribution in [1.29, 1.82) is 0 Å². The summed E-state index contributed by atoms with van der Waals surface area (Å²) < 4.78 is 32.6. The van der Waals surface area contributed by atoms with E-state index in [9.17, 15) is 18.0 Å². The smallest absolute Gasteiger partial charge is 0.244 e. The summed E-state index contributed by atoms with van der Waals surface area (Å²) in [5, 5.41) is 3.03. The minimum absolute atomic E-state index is 0.0789. The highest BCUT2D eigenvalue weighted by Gasteiger charge is 2.34. The number of hydrogen-bond donors (Lipinski definition) is 1. The van der Waals surface area contributed by atoms with Crippen LogP contribution in [-0.4, -0.2) is 56.6 Å². The number of methoxy groups -OCH3 is 1. The standard InChI is InChI=1S/C32H41N3O5S/c1-23-13-11-18-28(24(23)2)35(41(7,38)39)22-30(36)34(21-26-16-12-17-27(19-26)40-6)29(31(37)33-32(3,4)5)20-25-14-9-8-10-15-25/h8-19,29H,20-22H2,1-7H3,(H,33,37)/t29-/m0/s1. The predicted octanol–water partition coefficient (Wildman–Crippen LogP) is 4.63. The van der Waals surface area contributed by atoms with E-state index in [1.807, 2.05) is 83.1 Å². The van der Waals surface area contributed by atoms with Crippen molar-refractivity contribution in [3.8, 4) is 5.75 Å². The van der Waals surface area contributed by atoms with Crippen molar-refractivity contribution < 1.29 is 22.7 Å². The van der Waals surface area contributed by atoms with Crippen molar-refractivity contribution in [2.24, 2.45) is 0 Å². The lowest BCUT2D eigenvalue weighted by molar-refractivity contribution is -0.140. The van der Waals surface area contributed by atoms with Crippen LogP contribution in [0.3, 0.4) is 0 Å². The number of rotatable bonds is 11. The lowest BCUT2D eigenvalue weighted by Gasteiger charge is -2.35. The van der Waals surface area contributed by atoms with Crippen molar-refractivity contribution >= 4 is 27.5 Å². The lowest BCUT2D eigenvalue weighted by atomic mass is 10.0. The molecule has 0 aliphatic carbocycles. The fraction of sp³-hybridized carbons (Fsp3) is 0.375. The molecule has 0 heterocycles. The number of aryl methyl sites for hydroxylation is 1. The third-order valence-electron chi connectivity index (χ3n) is 6.78. The van der Waals surface area contributed by atoms with Gasteiger partial charge >= 0.3 is 0 Å². The third-order valence-corrected chi connectivity index (χ3v) is 7.91. The van der Waals surface area contributed by atoms with Crippen molar-refractivity contribution in [3.63, 3.8) is 0 Å². The lowest BCUT2D eigenvalue weighted by Crippen LogP contribution is -2.56. The van der Waals surface area contributed by atoms with Crippen LogP contribution < -0.4 is 14.4 Å². The van der Waals surface area contributed by atoms with Crippen LogP contribution in [0.4, 0.5) is 5.69 Å². The molecule has 3 rings (SSSR count). The fourth-order valence-corrected chi connectivity index (χ4v) is 5.47. The van der Waals surface area contributed by atoms with E-state index in [2.05, 4.69) is 5.32 Å². The Morgan fingerprint density at radius 1 is 0.927 bits per heavy atom. The second-order valence-electron chi connectivity index (χ2n) is 11.3. The first kappa shape index (κ1) is 31.7. The Hall–Kier alpha value is -3.85. The summed E-state index contributed by atoms with van der Waals surface area (Å²) in [5.41, 5.74) is 3.17. The van der Waals surface area contributed by atoms with Gasteiger partial charge in [0.05, 0.1) is 19.1 Å². The summed E-state index contributed by atoms with van der Waals surface area (Å²) >= 11 is 0. The Morgan fingerprint density at radius 3 is 2.17 bits per heavy atom. The third kappa shape index (κ3) is 8.82. The van der Waals surface area contributed by atoms with Crippen LogP contribution in [0.25, 0.3) is 0 Å². The molecule has 0 fully saturated rings. The van der Waals surface area contributed by atoms with Gasteiger partial charge < -0.3 is 15.0 Å². The van der Waals surface area contributed by atoms with Gasteiger partial charge in [-0.1, -0.05) is 54.6 Å². The molecule has 8 nitrogen and oxygen atoms in total. The van der Waals surface area contributed by atoms with Gasteiger partial charge in [0.1, 0.15) is 18.3 Å². The van der Waals surface area contributed by atoms with Gasteiger partial charge in [0.25, 0.3) is 0 Å². The molecule has 0 aliphatic rings. The molecule has 0 saturated carbocycles. The van der Waals surface area contributed by atoms with E-state index >= 15 is 0 Å². The van der Waals surface area contributed by atoms with E-state index in [0.29, 0.717) is 11.4 Å². The first-order valence-corrected chi connectivity index (χ1v) is 15.4. The largest absolute Gasteiger partial charge is 0.497 e. The minimum Gasteiger partial charge on any atom is -0.497 e. The molecule has 1 atom stereocenters. The Morgan fingerprint density at radius 2 is 1.56 bits per heavy atom. The van der Waals surface area contributed by atoms with Gasteiger partial charge in [-0.2, -0.15) is 0 Å². The molecule has 220 valence electrons. The number of benzene rings is 3. The molecule has 9 heteroatoms. The highest BCUT2D eigenvalue weighted by molar-refractivity contribution is 7.92. The highest BCUT2D eigenvalue weighted by Crippen LogP contribution is 2.26. The number of carbonyl (C=O) groups is 2. The molecule has 3 aromatic rings. The average Bonchev–Trinajstić information content (AvgIpc) is 2.90. The summed E-state index contributed by atoms with van der Waals surface area (Å²) in [4.78, 5) is 29.5. The second-order valence-corrected chi connectivity index (χ2v) is 13.2. The number of nitrogens with one attached hydrogen (secondary N) is 1. The van der Waals surface area contributed by atoms with Crippen LogP contribution in [0.15, 0.2) is 72.8 Å². The van der Waals surface area contributed by atoms with Crippen LogP contribution >= 0.6 is 0 Å². The van der Waals surface area contributed by atoms with Crippen LogP contribution in [0.5, 0.6) is 5.75 Å². The first-order chi connectivity index (χ1) is 19.2. The topological polar surface area (TPSA) is 96.0 Å². The maximum Gasteiger partial charge on any atom is 0.244 e. The molecule has 0 aromatic heterocycles. The van der Waals surface area contributed by atoms with Crippen LogP contribution in [0.1, 0.15) is 43.0 Å². The zero-order valence-corrected chi connectivity index (χ0v) is 25.8. The van der Waals surface area contributed by atoms with E-state index in [4.69, 9.17) is 4.74 Å². The van der Waals surface area contributed by atoms with Crippen LogP contribution in [0, 0.1) is 13.8 Å². The Labute approximate surface area is 244 Å². The van der Waals surface area contributed by atoms with Gasteiger partial charge in [-0.15, -0.1) is 0 Å². The van der Waals surface area contributed by atoms with Crippen molar-refractivity contribution in [2.75, 3.05) is 24.2 Å². The number of anilines is 1. The first-order valence-electron chi connectivity index (χ1n) is 13.5. The number of amides is 2. The van der Waals surface area contributed by atoms with Crippen LogP contribution in [-0.2, 0) is 32.6 Å². The van der Waals surface area contributed by atoms with E-state index in [0.717, 1.165) is 32.8 Å². The van der Waals surface area contributed by atoms with E-state index < -0.39 is 34.1 Å². The zero-order chi connectivity index (χ0) is 30.4. The van der Waals surface area contributed by atoms with Gasteiger partial charge in [0, 0.05) is 18.5 Å². The van der Waals surface area contributed by atoms with Crippen molar-refractivity contribution in [3.05, 3.63) is 95.1 Å². The normalized spacial score (nSPS) is 12.4. The van der Waals surface area contributed by atoms with Crippen molar-refractivity contribution in [2.45, 2.75) is 59.2 Å². The minimum atomic E-state index is -3.84. The van der Waals surface area contributed by atoms with Gasteiger partial charge in [0.15, 0.2) is 0 Å². The molecule has 1 N–H and O–H groups in total. The summed E-state index contributed by atoms with van der Waals surface area (Å²) in [5.74, 6) is -0.207. The summed E-state index contributed by atoms with van der Waals surface area (Å²) in [6.45, 7) is 8.98. The van der Waals surface area contributed by atoms with Crippen molar-refractivity contribution in [1.82, 2.24) is 10.2 Å². The average molecular weight is 580 g/mol. The summed E-state index contributed by atoms with van der Waals surface area (Å²) in [7, 11) is -2.28. The molecular weight excluding hydrogens is 538 g/mol. The molecule has 0 spiro atoms. The van der Waals surface area contributed by atoms with Gasteiger partial charge in [0.2, 0.25) is 21.8 Å². The quantitative estimate of drug-likeness (QED) is 0.357. The van der Waals surface area contributed by atoms with E-state index in [-0.39, 0.29) is 18.9 Å². The molecule has 0 unspecified atom stereocenters. The van der Waals surface area contributed by atoms with Gasteiger partial charge in [-0.25, -0.2) is 8.42 Å². The van der Waals surface area contributed by atoms with Gasteiger partial charge in [-0.05, 0) is 75.1 Å². The maximum atomic E-state index is 14.2. The zero-order valence-electron chi connectivity index (χ0n) is 25.0. The van der Waals surface area contributed by atoms with Crippen LogP contribution in [0.2, 0.25) is 0 Å². The molecule has 0 saturated heterocycles. The number of carbonyl (C=O) groups excluding carboxylic acids is 2. The molecular formula is C32H41N3O5S. The highest BCUT2D eigenvalue weighted by atomic mass is 32.2. The molecule has 0 aliphatic heterocycles. The number of hydrogen-bond acceptors (Lipinski definition) is 5. The summed E-state index contributed by atoms with van der Waals surface area (Å²) in [6.07, 6.45) is 1.34. The SMILES string of the molecule is COc1cccc(CN(C(=O)CN(c2cccc(C)c2C)S(C)(=O)=O)[C@@H](Cc2ccccc2)C(=O)NC(C)(C)C)c1. The number of sulfonamides is 1. The Balaban J connectivity index is 2.12.